The van der Waals surface area contributed by atoms with Crippen molar-refractivity contribution in [2.45, 2.75) is 19.5 Å². The maximum Gasteiger partial charge on any atom is 0.146 e. The third kappa shape index (κ3) is 3.32. The van der Waals surface area contributed by atoms with Crippen LogP contribution in [0.4, 0.5) is 0 Å². The molecule has 0 spiro atoms. The molecule has 0 fully saturated rings. The molecule has 5 nitrogen and oxygen atoms in total. The lowest BCUT2D eigenvalue weighted by atomic mass is 10.1. The van der Waals surface area contributed by atoms with E-state index < -0.39 is 0 Å². The van der Waals surface area contributed by atoms with Crippen LogP contribution in [-0.2, 0) is 24.2 Å². The maximum atomic E-state index is 6.16. The van der Waals surface area contributed by atoms with Crippen molar-refractivity contribution in [1.82, 2.24) is 14.8 Å². The Morgan fingerprint density at radius 2 is 2.00 bits per heavy atom. The molecule has 1 heterocycles. The maximum absolute atomic E-state index is 6.16. The van der Waals surface area contributed by atoms with Crippen LogP contribution in [0.3, 0.4) is 0 Å². The first-order valence-corrected chi connectivity index (χ1v) is 6.47. The number of hydrogen-bond acceptors (Lipinski definition) is 4. The van der Waals surface area contributed by atoms with Gasteiger partial charge in [0.05, 0.1) is 13.2 Å². The van der Waals surface area contributed by atoms with Gasteiger partial charge in [0.1, 0.15) is 11.6 Å². The van der Waals surface area contributed by atoms with Crippen molar-refractivity contribution < 1.29 is 4.74 Å². The van der Waals surface area contributed by atoms with Crippen LogP contribution in [0.15, 0.2) is 24.3 Å². The number of nitrogens with zero attached hydrogens (tertiary/aromatic N) is 3. The average Bonchev–Trinajstić information content (AvgIpc) is 2.81. The molecule has 2 aromatic rings. The zero-order valence-electron chi connectivity index (χ0n) is 10.8. The van der Waals surface area contributed by atoms with Crippen LogP contribution in [0.2, 0.25) is 5.02 Å². The van der Waals surface area contributed by atoms with Gasteiger partial charge in [0.2, 0.25) is 0 Å². The number of benzene rings is 1. The highest BCUT2D eigenvalue weighted by atomic mass is 35.5. The van der Waals surface area contributed by atoms with E-state index in [0.717, 1.165) is 22.2 Å². The molecule has 0 saturated heterocycles. The van der Waals surface area contributed by atoms with Gasteiger partial charge in [0.25, 0.3) is 0 Å². The molecule has 0 aliphatic heterocycles. The van der Waals surface area contributed by atoms with Gasteiger partial charge in [0, 0.05) is 25.1 Å². The second kappa shape index (κ2) is 6.65. The number of hydrogen-bond donors (Lipinski definition) is 1. The lowest BCUT2D eigenvalue weighted by Crippen LogP contribution is -2.14. The van der Waals surface area contributed by atoms with Crippen molar-refractivity contribution in [1.29, 1.82) is 0 Å². The fourth-order valence-electron chi connectivity index (χ4n) is 1.91. The smallest absolute Gasteiger partial charge is 0.146 e. The molecule has 0 aliphatic carbocycles. The van der Waals surface area contributed by atoms with E-state index in [-0.39, 0.29) is 0 Å². The summed E-state index contributed by atoms with van der Waals surface area (Å²) in [6, 6.07) is 7.73. The fraction of sp³-hybridized carbons (Fsp3) is 0.385. The van der Waals surface area contributed by atoms with Crippen molar-refractivity contribution in [2.75, 3.05) is 13.7 Å². The Kier molecular flexibility index (Phi) is 4.90. The number of ether oxygens (including phenoxy) is 1. The molecule has 0 saturated carbocycles. The summed E-state index contributed by atoms with van der Waals surface area (Å²) in [6.45, 7) is 1.65. The SMILES string of the molecule is COCCn1c(CN)nnc1Cc1ccccc1Cl. The summed E-state index contributed by atoms with van der Waals surface area (Å²) >= 11 is 6.16. The number of methoxy groups -OCH3 is 1. The monoisotopic (exact) mass is 280 g/mol. The minimum absolute atomic E-state index is 0.360. The Labute approximate surface area is 117 Å². The highest BCUT2D eigenvalue weighted by Gasteiger charge is 2.12. The van der Waals surface area contributed by atoms with Gasteiger partial charge < -0.3 is 15.0 Å². The summed E-state index contributed by atoms with van der Waals surface area (Å²) in [4.78, 5) is 0. The number of aromatic nitrogens is 3. The van der Waals surface area contributed by atoms with E-state index in [4.69, 9.17) is 22.1 Å². The first-order valence-electron chi connectivity index (χ1n) is 6.09. The number of nitrogens with two attached hydrogens (primary N) is 1. The second-order valence-electron chi connectivity index (χ2n) is 4.15. The largest absolute Gasteiger partial charge is 0.383 e. The summed E-state index contributed by atoms with van der Waals surface area (Å²) in [7, 11) is 1.67. The molecule has 102 valence electrons. The van der Waals surface area contributed by atoms with E-state index in [2.05, 4.69) is 10.2 Å². The summed E-state index contributed by atoms with van der Waals surface area (Å²) in [6.07, 6.45) is 0.635. The lowest BCUT2D eigenvalue weighted by Gasteiger charge is -2.09. The highest BCUT2D eigenvalue weighted by molar-refractivity contribution is 6.31. The Morgan fingerprint density at radius 3 is 2.68 bits per heavy atom. The normalized spacial score (nSPS) is 10.9. The molecular weight excluding hydrogens is 264 g/mol. The van der Waals surface area contributed by atoms with Gasteiger partial charge in [-0.25, -0.2) is 0 Å². The van der Waals surface area contributed by atoms with Crippen LogP contribution in [0.25, 0.3) is 0 Å². The van der Waals surface area contributed by atoms with Crippen LogP contribution in [0.1, 0.15) is 17.2 Å². The molecule has 0 amide bonds. The zero-order valence-corrected chi connectivity index (χ0v) is 11.6. The molecule has 2 N–H and O–H groups in total. The molecule has 1 aromatic heterocycles. The Hall–Kier alpha value is -1.43. The lowest BCUT2D eigenvalue weighted by molar-refractivity contribution is 0.185. The van der Waals surface area contributed by atoms with Gasteiger partial charge in [-0.15, -0.1) is 10.2 Å². The zero-order chi connectivity index (χ0) is 13.7. The molecule has 2 rings (SSSR count). The molecule has 0 aliphatic rings. The summed E-state index contributed by atoms with van der Waals surface area (Å²) in [5.41, 5.74) is 6.70. The standard InChI is InChI=1S/C13H17ClN4O/c1-19-7-6-18-12(16-17-13(18)9-15)8-10-4-2-3-5-11(10)14/h2-5H,6-9,15H2,1H3. The molecule has 6 heteroatoms. The second-order valence-corrected chi connectivity index (χ2v) is 4.56. The van der Waals surface area contributed by atoms with Crippen molar-refractivity contribution in [2.24, 2.45) is 5.73 Å². The molecular formula is C13H17ClN4O. The van der Waals surface area contributed by atoms with E-state index >= 15 is 0 Å². The minimum atomic E-state index is 0.360. The van der Waals surface area contributed by atoms with E-state index in [9.17, 15) is 0 Å². The number of halogens is 1. The van der Waals surface area contributed by atoms with Crippen LogP contribution in [0.5, 0.6) is 0 Å². The van der Waals surface area contributed by atoms with E-state index in [1.165, 1.54) is 0 Å². The van der Waals surface area contributed by atoms with Crippen LogP contribution >= 0.6 is 11.6 Å². The topological polar surface area (TPSA) is 66.0 Å². The van der Waals surface area contributed by atoms with Gasteiger partial charge in [-0.05, 0) is 11.6 Å². The summed E-state index contributed by atoms with van der Waals surface area (Å²) < 4.78 is 7.09. The van der Waals surface area contributed by atoms with Crippen LogP contribution < -0.4 is 5.73 Å². The molecule has 1 aromatic carbocycles. The van der Waals surface area contributed by atoms with Gasteiger partial charge in [0.15, 0.2) is 0 Å². The molecule has 19 heavy (non-hydrogen) atoms. The summed E-state index contributed by atoms with van der Waals surface area (Å²) in [5, 5.41) is 9.03. The van der Waals surface area contributed by atoms with Crippen LogP contribution in [-0.4, -0.2) is 28.5 Å². The third-order valence-electron chi connectivity index (χ3n) is 2.91. The predicted molar refractivity (Wildman–Crippen MR) is 74.0 cm³/mol. The number of rotatable bonds is 6. The summed E-state index contributed by atoms with van der Waals surface area (Å²) in [5.74, 6) is 1.62. The van der Waals surface area contributed by atoms with E-state index in [1.807, 2.05) is 28.8 Å². The van der Waals surface area contributed by atoms with E-state index in [1.54, 1.807) is 7.11 Å². The molecule has 0 atom stereocenters. The van der Waals surface area contributed by atoms with Gasteiger partial charge in [-0.3, -0.25) is 0 Å². The quantitative estimate of drug-likeness (QED) is 0.873. The highest BCUT2D eigenvalue weighted by Crippen LogP contribution is 2.18. The molecule has 0 radical (unpaired) electrons. The predicted octanol–water partition coefficient (Wildman–Crippen LogP) is 1.63. The van der Waals surface area contributed by atoms with Crippen molar-refractivity contribution in [3.8, 4) is 0 Å². The van der Waals surface area contributed by atoms with E-state index in [0.29, 0.717) is 26.1 Å². The van der Waals surface area contributed by atoms with Gasteiger partial charge in [-0.1, -0.05) is 29.8 Å². The first kappa shape index (κ1) is 14.0. The minimum Gasteiger partial charge on any atom is -0.383 e. The first-order chi connectivity index (χ1) is 9.26. The molecule has 0 bridgehead atoms. The van der Waals surface area contributed by atoms with Crippen molar-refractivity contribution in [3.05, 3.63) is 46.5 Å². The Bertz CT molecular complexity index is 541. The Balaban J connectivity index is 2.24. The Morgan fingerprint density at radius 1 is 1.26 bits per heavy atom. The van der Waals surface area contributed by atoms with Crippen molar-refractivity contribution >= 4 is 11.6 Å². The fourth-order valence-corrected chi connectivity index (χ4v) is 2.11. The molecule has 0 unspecified atom stereocenters. The van der Waals surface area contributed by atoms with Gasteiger partial charge >= 0.3 is 0 Å². The van der Waals surface area contributed by atoms with Crippen molar-refractivity contribution in [3.63, 3.8) is 0 Å². The van der Waals surface area contributed by atoms with Crippen LogP contribution in [0, 0.1) is 0 Å². The average molecular weight is 281 g/mol. The van der Waals surface area contributed by atoms with Gasteiger partial charge in [-0.2, -0.15) is 0 Å². The third-order valence-corrected chi connectivity index (χ3v) is 3.28.